The number of phenols is 1. The SMILES string of the molecule is C[NH+]1CC[NH+](Cc2c(O)ccc3c(=O)c(Oc4ccc(C(C)(C)C)cc4)c(C(F)(F)F)oc23)CC1. The summed E-state index contributed by atoms with van der Waals surface area (Å²) in [6, 6.07) is 9.17. The maximum Gasteiger partial charge on any atom is 0.453 e. The monoisotopic (exact) mass is 492 g/mol. The Hall–Kier alpha value is -3.04. The second kappa shape index (κ2) is 9.20. The van der Waals surface area contributed by atoms with Crippen LogP contribution in [0.3, 0.4) is 0 Å². The van der Waals surface area contributed by atoms with Crippen molar-refractivity contribution >= 4 is 11.0 Å². The van der Waals surface area contributed by atoms with E-state index in [2.05, 4.69) is 7.05 Å². The summed E-state index contributed by atoms with van der Waals surface area (Å²) in [5.74, 6) is -2.53. The molecule has 6 nitrogen and oxygen atoms in total. The summed E-state index contributed by atoms with van der Waals surface area (Å²) < 4.78 is 52.9. The van der Waals surface area contributed by atoms with Crippen LogP contribution in [-0.2, 0) is 18.1 Å². The molecule has 188 valence electrons. The quantitative estimate of drug-likeness (QED) is 0.524. The average molecular weight is 493 g/mol. The van der Waals surface area contributed by atoms with Gasteiger partial charge in [0.15, 0.2) is 5.58 Å². The average Bonchev–Trinajstić information content (AvgIpc) is 2.77. The van der Waals surface area contributed by atoms with Gasteiger partial charge in [-0.1, -0.05) is 32.9 Å². The number of hydrogen-bond acceptors (Lipinski definition) is 4. The van der Waals surface area contributed by atoms with Crippen molar-refractivity contribution < 1.29 is 37.2 Å². The zero-order chi connectivity index (χ0) is 25.5. The first-order valence-corrected chi connectivity index (χ1v) is 11.7. The number of rotatable bonds is 4. The van der Waals surface area contributed by atoms with Gasteiger partial charge in [-0.15, -0.1) is 0 Å². The van der Waals surface area contributed by atoms with Crippen LogP contribution < -0.4 is 20.0 Å². The number of halogens is 3. The van der Waals surface area contributed by atoms with Crippen LogP contribution in [0.2, 0.25) is 0 Å². The van der Waals surface area contributed by atoms with E-state index in [0.717, 1.165) is 36.6 Å². The van der Waals surface area contributed by atoms with Crippen LogP contribution >= 0.6 is 0 Å². The van der Waals surface area contributed by atoms with E-state index < -0.39 is 23.1 Å². The van der Waals surface area contributed by atoms with E-state index in [4.69, 9.17) is 9.15 Å². The maximum atomic E-state index is 14.0. The number of piperazine rings is 1. The van der Waals surface area contributed by atoms with Crippen LogP contribution in [0, 0.1) is 0 Å². The molecule has 1 saturated heterocycles. The number of phenolic OH excluding ortho intramolecular Hbond substituents is 1. The first kappa shape index (κ1) is 25.1. The Labute approximate surface area is 201 Å². The first-order chi connectivity index (χ1) is 16.3. The van der Waals surface area contributed by atoms with Gasteiger partial charge in [-0.05, 0) is 35.2 Å². The number of quaternary nitrogens is 2. The molecule has 0 saturated carbocycles. The Bertz CT molecular complexity index is 1270. The molecule has 4 rings (SSSR count). The number of nitrogens with one attached hydrogen (secondary N) is 2. The summed E-state index contributed by atoms with van der Waals surface area (Å²) in [6.07, 6.45) is -4.97. The molecule has 0 spiro atoms. The van der Waals surface area contributed by atoms with Gasteiger partial charge in [0, 0.05) is 0 Å². The lowest BCUT2D eigenvalue weighted by molar-refractivity contribution is -1.01. The molecule has 0 radical (unpaired) electrons. The number of benzene rings is 2. The third-order valence-corrected chi connectivity index (χ3v) is 6.53. The molecule has 2 aromatic carbocycles. The van der Waals surface area contributed by atoms with Gasteiger partial charge in [0.05, 0.1) is 18.0 Å². The number of hydrogen-bond donors (Lipinski definition) is 3. The van der Waals surface area contributed by atoms with E-state index in [-0.39, 0.29) is 40.0 Å². The standard InChI is InChI=1S/C26H29F3N2O4/c1-25(2,3)16-5-7-17(8-6-16)34-23-21(33)18-9-10-20(32)19(15-31-13-11-30(4)12-14-31)22(18)35-24(23)26(27,28)29/h5-10,32H,11-15H2,1-4H3/p+2. The molecule has 0 aliphatic carbocycles. The Morgan fingerprint density at radius 1 is 1.00 bits per heavy atom. The third kappa shape index (κ3) is 5.31. The Balaban J connectivity index is 1.79. The second-order valence-electron chi connectivity index (χ2n) is 10.3. The summed E-state index contributed by atoms with van der Waals surface area (Å²) in [7, 11) is 2.08. The van der Waals surface area contributed by atoms with Crippen LogP contribution in [0.4, 0.5) is 13.2 Å². The molecule has 1 aliphatic heterocycles. The fourth-order valence-electron chi connectivity index (χ4n) is 4.33. The molecule has 0 atom stereocenters. The van der Waals surface area contributed by atoms with Gasteiger partial charge in [0.25, 0.3) is 5.76 Å². The van der Waals surface area contributed by atoms with Gasteiger partial charge in [0.1, 0.15) is 44.2 Å². The normalized spacial score (nSPS) is 19.2. The first-order valence-electron chi connectivity index (χ1n) is 11.7. The van der Waals surface area contributed by atoms with Crippen molar-refractivity contribution in [1.29, 1.82) is 0 Å². The van der Waals surface area contributed by atoms with Gasteiger partial charge >= 0.3 is 6.18 Å². The van der Waals surface area contributed by atoms with Crippen molar-refractivity contribution in [3.8, 4) is 17.2 Å². The Morgan fingerprint density at radius 3 is 2.20 bits per heavy atom. The molecular weight excluding hydrogens is 461 g/mol. The number of ether oxygens (including phenoxy) is 1. The van der Waals surface area contributed by atoms with Crippen molar-refractivity contribution in [2.45, 2.75) is 38.9 Å². The largest absolute Gasteiger partial charge is 0.507 e. The minimum Gasteiger partial charge on any atom is -0.507 e. The third-order valence-electron chi connectivity index (χ3n) is 6.53. The van der Waals surface area contributed by atoms with Crippen LogP contribution in [0.25, 0.3) is 11.0 Å². The van der Waals surface area contributed by atoms with Gasteiger partial charge in [-0.25, -0.2) is 0 Å². The minimum atomic E-state index is -4.97. The maximum absolute atomic E-state index is 14.0. The number of alkyl halides is 3. The van der Waals surface area contributed by atoms with Gasteiger partial charge in [-0.2, -0.15) is 13.2 Å². The molecule has 9 heteroatoms. The minimum absolute atomic E-state index is 0.0636. The smallest absolute Gasteiger partial charge is 0.453 e. The molecule has 35 heavy (non-hydrogen) atoms. The second-order valence-corrected chi connectivity index (χ2v) is 10.3. The number of fused-ring (bicyclic) bond motifs is 1. The van der Waals surface area contributed by atoms with Crippen molar-refractivity contribution in [2.75, 3.05) is 33.2 Å². The number of aromatic hydroxyl groups is 1. The van der Waals surface area contributed by atoms with Crippen molar-refractivity contribution in [3.05, 3.63) is 63.5 Å². The lowest BCUT2D eigenvalue weighted by Crippen LogP contribution is -3.26. The summed E-state index contributed by atoms with van der Waals surface area (Å²) in [4.78, 5) is 15.7. The molecule has 1 aromatic heterocycles. The molecule has 0 unspecified atom stereocenters. The lowest BCUT2D eigenvalue weighted by atomic mass is 9.87. The zero-order valence-corrected chi connectivity index (χ0v) is 20.3. The zero-order valence-electron chi connectivity index (χ0n) is 20.3. The Kier molecular flexibility index (Phi) is 6.59. The molecule has 0 bridgehead atoms. The highest BCUT2D eigenvalue weighted by molar-refractivity contribution is 5.83. The van der Waals surface area contributed by atoms with E-state index in [1.165, 1.54) is 29.2 Å². The summed E-state index contributed by atoms with van der Waals surface area (Å²) in [5, 5.41) is 10.4. The van der Waals surface area contributed by atoms with E-state index in [0.29, 0.717) is 0 Å². The molecule has 3 N–H and O–H groups in total. The van der Waals surface area contributed by atoms with Gasteiger partial charge in [0.2, 0.25) is 11.2 Å². The van der Waals surface area contributed by atoms with Crippen molar-refractivity contribution in [2.24, 2.45) is 0 Å². The molecular formula is C26H31F3N2O4+2. The predicted molar refractivity (Wildman–Crippen MR) is 125 cm³/mol. The van der Waals surface area contributed by atoms with E-state index in [9.17, 15) is 23.1 Å². The fourth-order valence-corrected chi connectivity index (χ4v) is 4.33. The summed E-state index contributed by atoms with van der Waals surface area (Å²) >= 11 is 0. The van der Waals surface area contributed by atoms with E-state index in [1.807, 2.05) is 20.8 Å². The number of likely N-dealkylation sites (N-methyl/N-ethyl adjacent to an activating group) is 1. The highest BCUT2D eigenvalue weighted by atomic mass is 19.4. The topological polar surface area (TPSA) is 68.5 Å². The van der Waals surface area contributed by atoms with Crippen LogP contribution in [0.5, 0.6) is 17.2 Å². The molecule has 2 heterocycles. The van der Waals surface area contributed by atoms with Crippen molar-refractivity contribution in [1.82, 2.24) is 0 Å². The van der Waals surface area contributed by atoms with Crippen LogP contribution in [-0.4, -0.2) is 38.3 Å². The molecule has 0 amide bonds. The van der Waals surface area contributed by atoms with Crippen LogP contribution in [0.15, 0.2) is 45.6 Å². The van der Waals surface area contributed by atoms with Gasteiger partial charge < -0.3 is 24.1 Å². The van der Waals surface area contributed by atoms with E-state index in [1.54, 1.807) is 12.1 Å². The van der Waals surface area contributed by atoms with Gasteiger partial charge in [-0.3, -0.25) is 4.79 Å². The highest BCUT2D eigenvalue weighted by Gasteiger charge is 2.41. The molecule has 1 aliphatic rings. The summed E-state index contributed by atoms with van der Waals surface area (Å²) in [5.41, 5.74) is -0.169. The van der Waals surface area contributed by atoms with E-state index >= 15 is 0 Å². The summed E-state index contributed by atoms with van der Waals surface area (Å²) in [6.45, 7) is 9.70. The predicted octanol–water partition coefficient (Wildman–Crippen LogP) is 2.52. The van der Waals surface area contributed by atoms with Crippen molar-refractivity contribution in [3.63, 3.8) is 0 Å². The Morgan fingerprint density at radius 2 is 1.63 bits per heavy atom. The molecule has 1 fully saturated rings. The highest BCUT2D eigenvalue weighted by Crippen LogP contribution is 2.40. The molecule has 3 aromatic rings. The fraction of sp³-hybridized carbons (Fsp3) is 0.423. The van der Waals surface area contributed by atoms with Crippen LogP contribution in [0.1, 0.15) is 37.7 Å². The lowest BCUT2D eigenvalue weighted by Gasteiger charge is -2.27.